The second kappa shape index (κ2) is 10.1. The van der Waals surface area contributed by atoms with Gasteiger partial charge in [-0.1, -0.05) is 71.7 Å². The van der Waals surface area contributed by atoms with Crippen LogP contribution in [0.4, 0.5) is 0 Å². The van der Waals surface area contributed by atoms with E-state index in [4.69, 9.17) is 27.9 Å². The van der Waals surface area contributed by atoms with E-state index in [9.17, 15) is 9.90 Å². The van der Waals surface area contributed by atoms with Gasteiger partial charge in [-0.05, 0) is 73.0 Å². The molecule has 7 heteroatoms. The molecule has 0 aromatic heterocycles. The lowest BCUT2D eigenvalue weighted by Crippen LogP contribution is -2.69. The van der Waals surface area contributed by atoms with Crippen LogP contribution in [0.15, 0.2) is 66.7 Å². The largest absolute Gasteiger partial charge is 0.487 e. The molecule has 208 valence electrons. The third-order valence-electron chi connectivity index (χ3n) is 10.1. The van der Waals surface area contributed by atoms with Crippen LogP contribution in [0.3, 0.4) is 0 Å². The summed E-state index contributed by atoms with van der Waals surface area (Å²) in [7, 11) is 1.93. The highest BCUT2D eigenvalue weighted by Gasteiger charge is 2.66. The Hall–Kier alpha value is -2.57. The van der Waals surface area contributed by atoms with Gasteiger partial charge < -0.3 is 14.7 Å². The molecule has 1 unspecified atom stereocenters. The first kappa shape index (κ1) is 26.3. The summed E-state index contributed by atoms with van der Waals surface area (Å²) in [5, 5.41) is 12.1. The van der Waals surface area contributed by atoms with Crippen LogP contribution in [0.2, 0.25) is 10.0 Å². The first-order valence-corrected chi connectivity index (χ1v) is 15.1. The molecule has 7 rings (SSSR count). The molecule has 1 N–H and O–H groups in total. The molecule has 1 saturated heterocycles. The number of likely N-dealkylation sites (N-methyl/N-ethyl adjacent to an activating group) is 1. The van der Waals surface area contributed by atoms with Crippen molar-refractivity contribution < 1.29 is 14.6 Å². The molecule has 1 saturated carbocycles. The molecule has 3 aromatic rings. The molecule has 3 aromatic carbocycles. The van der Waals surface area contributed by atoms with Crippen molar-refractivity contribution in [2.75, 3.05) is 20.1 Å². The van der Waals surface area contributed by atoms with Crippen LogP contribution >= 0.6 is 23.2 Å². The number of piperidine rings is 1. The molecule has 2 aliphatic carbocycles. The van der Waals surface area contributed by atoms with E-state index in [2.05, 4.69) is 23.1 Å². The highest BCUT2D eigenvalue weighted by atomic mass is 35.5. The fourth-order valence-electron chi connectivity index (χ4n) is 8.33. The predicted molar refractivity (Wildman–Crippen MR) is 157 cm³/mol. The van der Waals surface area contributed by atoms with Gasteiger partial charge in [0.2, 0.25) is 5.91 Å². The zero-order valence-corrected chi connectivity index (χ0v) is 24.1. The van der Waals surface area contributed by atoms with Crippen molar-refractivity contribution in [3.8, 4) is 5.75 Å². The van der Waals surface area contributed by atoms with Gasteiger partial charge in [0.25, 0.3) is 0 Å². The molecule has 1 spiro atoms. The number of amides is 1. The summed E-state index contributed by atoms with van der Waals surface area (Å²) in [6.45, 7) is 1.54. The van der Waals surface area contributed by atoms with Crippen molar-refractivity contribution in [1.82, 2.24) is 9.80 Å². The van der Waals surface area contributed by atoms with Gasteiger partial charge in [-0.25, -0.2) is 0 Å². The maximum atomic E-state index is 13.6. The number of halogens is 2. The summed E-state index contributed by atoms with van der Waals surface area (Å²) < 4.78 is 6.83. The Morgan fingerprint density at radius 3 is 2.73 bits per heavy atom. The van der Waals surface area contributed by atoms with Crippen molar-refractivity contribution in [1.29, 1.82) is 0 Å². The van der Waals surface area contributed by atoms with Crippen molar-refractivity contribution in [3.63, 3.8) is 0 Å². The number of ether oxygens (including phenoxy) is 1. The van der Waals surface area contributed by atoms with Gasteiger partial charge in [-0.3, -0.25) is 9.69 Å². The fraction of sp³-hybridized carbons (Fsp3) is 0.424. The predicted octanol–water partition coefficient (Wildman–Crippen LogP) is 5.84. The topological polar surface area (TPSA) is 53.0 Å². The average Bonchev–Trinajstić information content (AvgIpc) is 3.30. The fourth-order valence-corrected chi connectivity index (χ4v) is 8.65. The summed E-state index contributed by atoms with van der Waals surface area (Å²) in [5.74, 6) is 1.50. The van der Waals surface area contributed by atoms with Gasteiger partial charge >= 0.3 is 0 Å². The lowest BCUT2D eigenvalue weighted by molar-refractivity contribution is -0.140. The SMILES string of the molecule is CN(C(=O)Cc1ccc(Cl)c(Cl)c1)[C@@H]1CC[C@H]2[C@H]3Cc4cccc5c4[C@@]2(CCN3CC(O)c2ccccc2)[C@H]1O5. The number of aliphatic hydroxyl groups is 1. The molecule has 4 aliphatic rings. The standard InChI is InChI=1S/C33H34Cl2N2O3/c1-36(30(39)17-20-10-12-24(34)25(35)16-20)26-13-11-23-27-18-22-8-5-9-29-31(22)33(23,32(26)40-29)14-15-37(27)19-28(38)21-6-3-2-4-7-21/h2-10,12,16,23,26-28,32,38H,11,13-15,17-19H2,1H3/t23-,26+,27+,28?,32-,33-/m0/s1. The zero-order chi connectivity index (χ0) is 27.6. The number of rotatable bonds is 6. The highest BCUT2D eigenvalue weighted by molar-refractivity contribution is 6.42. The minimum absolute atomic E-state index is 0.00742. The van der Waals surface area contributed by atoms with Crippen LogP contribution in [0.25, 0.3) is 0 Å². The Kier molecular flexibility index (Phi) is 6.62. The van der Waals surface area contributed by atoms with Crippen LogP contribution in [-0.4, -0.2) is 59.1 Å². The monoisotopic (exact) mass is 576 g/mol. The molecule has 1 amide bonds. The Morgan fingerprint density at radius 1 is 1.10 bits per heavy atom. The van der Waals surface area contributed by atoms with Gasteiger partial charge in [-0.2, -0.15) is 0 Å². The van der Waals surface area contributed by atoms with Crippen LogP contribution < -0.4 is 4.74 Å². The zero-order valence-electron chi connectivity index (χ0n) is 22.6. The van der Waals surface area contributed by atoms with E-state index in [1.165, 1.54) is 11.1 Å². The number of nitrogens with zero attached hydrogens (tertiary/aromatic N) is 2. The van der Waals surface area contributed by atoms with Gasteiger partial charge in [0.1, 0.15) is 11.9 Å². The molecule has 2 aliphatic heterocycles. The van der Waals surface area contributed by atoms with Crippen molar-refractivity contribution in [2.24, 2.45) is 5.92 Å². The molecular formula is C33H34Cl2N2O3. The summed E-state index contributed by atoms with van der Waals surface area (Å²) in [6.07, 6.45) is 3.56. The van der Waals surface area contributed by atoms with Gasteiger partial charge in [0.05, 0.1) is 28.6 Å². The quantitative estimate of drug-likeness (QED) is 0.401. The van der Waals surface area contributed by atoms with Gasteiger partial charge in [0.15, 0.2) is 0 Å². The number of hydrogen-bond donors (Lipinski definition) is 1. The second-order valence-electron chi connectivity index (χ2n) is 12.0. The lowest BCUT2D eigenvalue weighted by Gasteiger charge is -2.60. The van der Waals surface area contributed by atoms with Gasteiger partial charge in [0, 0.05) is 30.6 Å². The number of hydrogen-bond acceptors (Lipinski definition) is 4. The summed E-state index contributed by atoms with van der Waals surface area (Å²) in [4.78, 5) is 18.0. The number of benzene rings is 3. The lowest BCUT2D eigenvalue weighted by atomic mass is 9.51. The third-order valence-corrected chi connectivity index (χ3v) is 10.9. The van der Waals surface area contributed by atoms with Crippen LogP contribution in [0, 0.1) is 5.92 Å². The summed E-state index contributed by atoms with van der Waals surface area (Å²) in [5.41, 5.74) is 4.47. The van der Waals surface area contributed by atoms with Crippen molar-refractivity contribution in [2.45, 2.75) is 61.8 Å². The summed E-state index contributed by atoms with van der Waals surface area (Å²) in [6, 6.07) is 22.2. The summed E-state index contributed by atoms with van der Waals surface area (Å²) >= 11 is 12.3. The molecule has 2 heterocycles. The molecular weight excluding hydrogens is 543 g/mol. The van der Waals surface area contributed by atoms with Gasteiger partial charge in [-0.15, -0.1) is 0 Å². The van der Waals surface area contributed by atoms with E-state index in [1.54, 1.807) is 12.1 Å². The average molecular weight is 578 g/mol. The van der Waals surface area contributed by atoms with E-state index in [0.29, 0.717) is 28.5 Å². The smallest absolute Gasteiger partial charge is 0.227 e. The first-order chi connectivity index (χ1) is 19.4. The number of aliphatic hydroxyl groups excluding tert-OH is 1. The van der Waals surface area contributed by atoms with Crippen molar-refractivity contribution >= 4 is 29.1 Å². The number of β-amino-alcohol motifs (C(OH)–C–C–N with tert-alkyl or cyclic N) is 1. The molecule has 2 bridgehead atoms. The molecule has 40 heavy (non-hydrogen) atoms. The molecule has 2 fully saturated rings. The maximum absolute atomic E-state index is 13.6. The van der Waals surface area contributed by atoms with E-state index >= 15 is 0 Å². The van der Waals surface area contributed by atoms with Crippen LogP contribution in [0.1, 0.15) is 47.6 Å². The number of carbonyl (C=O) groups is 1. The van der Waals surface area contributed by atoms with Crippen LogP contribution in [0.5, 0.6) is 5.75 Å². The Labute approximate surface area is 245 Å². The van der Waals surface area contributed by atoms with E-state index in [1.807, 2.05) is 48.3 Å². The second-order valence-corrected chi connectivity index (χ2v) is 12.8. The Bertz CT molecular complexity index is 1450. The Balaban J connectivity index is 1.17. The number of carbonyl (C=O) groups excluding carboxylic acids is 1. The van der Waals surface area contributed by atoms with E-state index in [-0.39, 0.29) is 29.9 Å². The maximum Gasteiger partial charge on any atom is 0.227 e. The van der Waals surface area contributed by atoms with E-state index < -0.39 is 6.10 Å². The number of likely N-dealkylation sites (tertiary alicyclic amines) is 1. The van der Waals surface area contributed by atoms with Crippen molar-refractivity contribution in [3.05, 3.63) is 99.0 Å². The minimum atomic E-state index is -0.514. The molecule has 5 nitrogen and oxygen atoms in total. The first-order valence-electron chi connectivity index (χ1n) is 14.3. The molecule has 6 atom stereocenters. The third kappa shape index (κ3) is 4.08. The minimum Gasteiger partial charge on any atom is -0.487 e. The highest BCUT2D eigenvalue weighted by Crippen LogP contribution is 2.62. The molecule has 0 radical (unpaired) electrons. The normalized spacial score (nSPS) is 28.9. The van der Waals surface area contributed by atoms with Crippen LogP contribution in [-0.2, 0) is 23.1 Å². The Morgan fingerprint density at radius 2 is 1.93 bits per heavy atom. The van der Waals surface area contributed by atoms with E-state index in [0.717, 1.165) is 49.1 Å².